The number of nitrogens with zero attached hydrogens (tertiary/aromatic N) is 2. The maximum atomic E-state index is 12.9. The van der Waals surface area contributed by atoms with Crippen LogP contribution in [0.25, 0.3) is 0 Å². The van der Waals surface area contributed by atoms with E-state index in [1.165, 1.54) is 19.2 Å². The molecule has 1 amide bonds. The van der Waals surface area contributed by atoms with Gasteiger partial charge in [-0.3, -0.25) is 4.79 Å². The second-order valence-corrected chi connectivity index (χ2v) is 6.18. The Hall–Kier alpha value is -2.90. The molecule has 1 saturated heterocycles. The van der Waals surface area contributed by atoms with Crippen LogP contribution < -0.4 is 9.64 Å². The van der Waals surface area contributed by atoms with E-state index in [1.54, 1.807) is 23.1 Å². The van der Waals surface area contributed by atoms with Crippen LogP contribution in [-0.2, 0) is 6.18 Å². The smallest absolute Gasteiger partial charge is 0.416 e. The van der Waals surface area contributed by atoms with E-state index in [4.69, 9.17) is 4.74 Å². The SMILES string of the molecule is COc1cccc(C(=O)N2CCN(c3cccc(C(F)(F)F)c3)CC2)c1O. The monoisotopic (exact) mass is 380 g/mol. The fourth-order valence-corrected chi connectivity index (χ4v) is 3.08. The highest BCUT2D eigenvalue weighted by Crippen LogP contribution is 2.33. The number of aromatic hydroxyl groups is 1. The number of anilines is 1. The number of carbonyl (C=O) groups excluding carboxylic acids is 1. The number of rotatable bonds is 3. The lowest BCUT2D eigenvalue weighted by Crippen LogP contribution is -2.48. The number of phenols is 1. The molecule has 2 aromatic rings. The average molecular weight is 380 g/mol. The minimum atomic E-state index is -4.39. The molecule has 0 unspecified atom stereocenters. The largest absolute Gasteiger partial charge is 0.504 e. The molecule has 3 rings (SSSR count). The molecule has 0 bridgehead atoms. The van der Waals surface area contributed by atoms with E-state index in [2.05, 4.69) is 0 Å². The first-order valence-electron chi connectivity index (χ1n) is 8.38. The van der Waals surface area contributed by atoms with E-state index < -0.39 is 11.7 Å². The topological polar surface area (TPSA) is 53.0 Å². The molecule has 0 aliphatic carbocycles. The molecule has 0 aromatic heterocycles. The molecule has 27 heavy (non-hydrogen) atoms. The van der Waals surface area contributed by atoms with Crippen LogP contribution in [0.3, 0.4) is 0 Å². The van der Waals surface area contributed by atoms with Crippen molar-refractivity contribution in [2.24, 2.45) is 0 Å². The standard InChI is InChI=1S/C19H19F3N2O3/c1-27-16-7-3-6-15(17(16)25)18(26)24-10-8-23(9-11-24)14-5-2-4-13(12-14)19(20,21)22/h2-7,12,25H,8-11H2,1H3. The van der Waals surface area contributed by atoms with Crippen molar-refractivity contribution in [2.45, 2.75) is 6.18 Å². The van der Waals surface area contributed by atoms with Crippen molar-refractivity contribution in [3.8, 4) is 11.5 Å². The van der Waals surface area contributed by atoms with Gasteiger partial charge in [-0.15, -0.1) is 0 Å². The summed E-state index contributed by atoms with van der Waals surface area (Å²) in [5.41, 5.74) is -0.0807. The van der Waals surface area contributed by atoms with Gasteiger partial charge in [0.2, 0.25) is 0 Å². The first kappa shape index (κ1) is 18.9. The third kappa shape index (κ3) is 3.94. The second kappa shape index (κ2) is 7.38. The number of hydrogen-bond donors (Lipinski definition) is 1. The maximum absolute atomic E-state index is 12.9. The van der Waals surface area contributed by atoms with E-state index in [-0.39, 0.29) is 23.0 Å². The van der Waals surface area contributed by atoms with Crippen molar-refractivity contribution < 1.29 is 27.8 Å². The number of benzene rings is 2. The van der Waals surface area contributed by atoms with Gasteiger partial charge < -0.3 is 19.6 Å². The van der Waals surface area contributed by atoms with Crippen molar-refractivity contribution in [3.05, 3.63) is 53.6 Å². The van der Waals surface area contributed by atoms with E-state index in [9.17, 15) is 23.1 Å². The molecule has 5 nitrogen and oxygen atoms in total. The number of ether oxygens (including phenoxy) is 1. The van der Waals surface area contributed by atoms with Crippen LogP contribution in [0.1, 0.15) is 15.9 Å². The molecular weight excluding hydrogens is 361 g/mol. The summed E-state index contributed by atoms with van der Waals surface area (Å²) in [6.45, 7) is 1.48. The van der Waals surface area contributed by atoms with Gasteiger partial charge in [0.15, 0.2) is 11.5 Å². The fraction of sp³-hybridized carbons (Fsp3) is 0.316. The predicted molar refractivity (Wildman–Crippen MR) is 94.2 cm³/mol. The molecule has 0 saturated carbocycles. The van der Waals surface area contributed by atoms with E-state index in [0.29, 0.717) is 31.9 Å². The summed E-state index contributed by atoms with van der Waals surface area (Å²) in [6, 6.07) is 9.84. The molecular formula is C19H19F3N2O3. The fourth-order valence-electron chi connectivity index (χ4n) is 3.08. The van der Waals surface area contributed by atoms with Crippen LogP contribution in [0.15, 0.2) is 42.5 Å². The predicted octanol–water partition coefficient (Wildman–Crippen LogP) is 3.38. The summed E-state index contributed by atoms with van der Waals surface area (Å²) in [5.74, 6) is -0.344. The van der Waals surface area contributed by atoms with Crippen molar-refractivity contribution in [3.63, 3.8) is 0 Å². The van der Waals surface area contributed by atoms with E-state index in [1.807, 2.05) is 4.90 Å². The third-order valence-corrected chi connectivity index (χ3v) is 4.55. The number of piperazine rings is 1. The summed E-state index contributed by atoms with van der Waals surface area (Å²) in [4.78, 5) is 16.0. The summed E-state index contributed by atoms with van der Waals surface area (Å²) in [5, 5.41) is 10.1. The molecule has 1 N–H and O–H groups in total. The highest BCUT2D eigenvalue weighted by atomic mass is 19.4. The lowest BCUT2D eigenvalue weighted by molar-refractivity contribution is -0.137. The van der Waals surface area contributed by atoms with Gasteiger partial charge in [0.05, 0.1) is 18.2 Å². The zero-order valence-electron chi connectivity index (χ0n) is 14.7. The summed E-state index contributed by atoms with van der Waals surface area (Å²) >= 11 is 0. The minimum absolute atomic E-state index is 0.141. The Morgan fingerprint density at radius 1 is 1.07 bits per heavy atom. The zero-order chi connectivity index (χ0) is 19.6. The van der Waals surface area contributed by atoms with Crippen LogP contribution in [0.2, 0.25) is 0 Å². The number of carbonyl (C=O) groups is 1. The maximum Gasteiger partial charge on any atom is 0.416 e. The van der Waals surface area contributed by atoms with Gasteiger partial charge in [-0.25, -0.2) is 0 Å². The summed E-state index contributed by atoms with van der Waals surface area (Å²) in [7, 11) is 1.40. The summed E-state index contributed by atoms with van der Waals surface area (Å²) < 4.78 is 43.7. The first-order chi connectivity index (χ1) is 12.8. The molecule has 0 radical (unpaired) electrons. The van der Waals surface area contributed by atoms with Crippen molar-refractivity contribution in [2.75, 3.05) is 38.2 Å². The van der Waals surface area contributed by atoms with E-state index >= 15 is 0 Å². The minimum Gasteiger partial charge on any atom is -0.504 e. The summed E-state index contributed by atoms with van der Waals surface area (Å²) in [6.07, 6.45) is -4.39. The van der Waals surface area contributed by atoms with Gasteiger partial charge in [0.25, 0.3) is 5.91 Å². The molecule has 1 fully saturated rings. The molecule has 8 heteroatoms. The molecule has 1 aliphatic rings. The molecule has 1 aliphatic heterocycles. The Morgan fingerprint density at radius 3 is 2.37 bits per heavy atom. The van der Waals surface area contributed by atoms with Crippen molar-refractivity contribution >= 4 is 11.6 Å². The van der Waals surface area contributed by atoms with Gasteiger partial charge in [0.1, 0.15) is 0 Å². The van der Waals surface area contributed by atoms with Gasteiger partial charge in [-0.05, 0) is 30.3 Å². The Bertz CT molecular complexity index is 831. The highest BCUT2D eigenvalue weighted by molar-refractivity contribution is 5.97. The van der Waals surface area contributed by atoms with Gasteiger partial charge in [-0.1, -0.05) is 12.1 Å². The molecule has 0 spiro atoms. The third-order valence-electron chi connectivity index (χ3n) is 4.55. The van der Waals surface area contributed by atoms with Crippen molar-refractivity contribution in [1.82, 2.24) is 4.90 Å². The number of methoxy groups -OCH3 is 1. The quantitative estimate of drug-likeness (QED) is 0.887. The van der Waals surface area contributed by atoms with E-state index in [0.717, 1.165) is 12.1 Å². The van der Waals surface area contributed by atoms with Crippen LogP contribution >= 0.6 is 0 Å². The Morgan fingerprint density at radius 2 is 1.74 bits per heavy atom. The van der Waals surface area contributed by atoms with Gasteiger partial charge >= 0.3 is 6.18 Å². The number of hydrogen-bond acceptors (Lipinski definition) is 4. The van der Waals surface area contributed by atoms with Crippen molar-refractivity contribution in [1.29, 1.82) is 0 Å². The van der Waals surface area contributed by atoms with Gasteiger partial charge in [0, 0.05) is 31.9 Å². The number of amides is 1. The van der Waals surface area contributed by atoms with Gasteiger partial charge in [-0.2, -0.15) is 13.2 Å². The Balaban J connectivity index is 1.70. The normalized spacial score (nSPS) is 15.0. The second-order valence-electron chi connectivity index (χ2n) is 6.18. The number of phenolic OH excluding ortho intramolecular Hbond substituents is 1. The lowest BCUT2D eigenvalue weighted by Gasteiger charge is -2.36. The van der Waals surface area contributed by atoms with Crippen LogP contribution in [0.5, 0.6) is 11.5 Å². The highest BCUT2D eigenvalue weighted by Gasteiger charge is 2.31. The van der Waals surface area contributed by atoms with Crippen LogP contribution in [0.4, 0.5) is 18.9 Å². The number of para-hydroxylation sites is 1. The number of halogens is 3. The Labute approximate surface area is 154 Å². The molecule has 2 aromatic carbocycles. The zero-order valence-corrected chi connectivity index (χ0v) is 14.7. The average Bonchev–Trinajstić information content (AvgIpc) is 2.67. The van der Waals surface area contributed by atoms with Crippen LogP contribution in [-0.4, -0.2) is 49.2 Å². The number of alkyl halides is 3. The molecule has 0 atom stereocenters. The molecule has 1 heterocycles. The first-order valence-corrected chi connectivity index (χ1v) is 8.38. The lowest BCUT2D eigenvalue weighted by atomic mass is 10.1. The van der Waals surface area contributed by atoms with Crippen LogP contribution in [0, 0.1) is 0 Å². The Kier molecular flexibility index (Phi) is 5.16. The molecule has 144 valence electrons.